The lowest BCUT2D eigenvalue weighted by atomic mass is 9.95. The fourth-order valence-electron chi connectivity index (χ4n) is 3.29. The van der Waals surface area contributed by atoms with Crippen molar-refractivity contribution in [3.05, 3.63) is 23.8 Å². The van der Waals surface area contributed by atoms with E-state index >= 15 is 0 Å². The molecule has 3 rings (SSSR count). The van der Waals surface area contributed by atoms with Gasteiger partial charge in [0.05, 0.1) is 0 Å². The Balaban J connectivity index is 1.57. The van der Waals surface area contributed by atoms with Gasteiger partial charge >= 0.3 is 0 Å². The highest BCUT2D eigenvalue weighted by atomic mass is 16.6. The van der Waals surface area contributed by atoms with Gasteiger partial charge in [0.15, 0.2) is 11.5 Å². The number of nitrogens with zero attached hydrogens (tertiary/aromatic N) is 2. The van der Waals surface area contributed by atoms with Crippen LogP contribution in [0.3, 0.4) is 0 Å². The van der Waals surface area contributed by atoms with Crippen LogP contribution in [0.2, 0.25) is 0 Å². The minimum Gasteiger partial charge on any atom is -0.486 e. The maximum absolute atomic E-state index is 12.6. The first-order valence-corrected chi connectivity index (χ1v) is 8.43. The van der Waals surface area contributed by atoms with E-state index < -0.39 is 0 Å². The van der Waals surface area contributed by atoms with Crippen molar-refractivity contribution in [2.24, 2.45) is 5.92 Å². The average molecular weight is 332 g/mol. The number of hydrogen-bond acceptors (Lipinski definition) is 4. The van der Waals surface area contributed by atoms with Gasteiger partial charge in [0.25, 0.3) is 0 Å². The van der Waals surface area contributed by atoms with E-state index in [0.717, 1.165) is 29.9 Å². The molecule has 1 aromatic carbocycles. The second-order valence-electron chi connectivity index (χ2n) is 6.45. The quantitative estimate of drug-likeness (QED) is 0.845. The lowest BCUT2D eigenvalue weighted by Gasteiger charge is -2.32. The summed E-state index contributed by atoms with van der Waals surface area (Å²) >= 11 is 0. The van der Waals surface area contributed by atoms with Crippen LogP contribution in [0.25, 0.3) is 0 Å². The molecule has 0 aromatic heterocycles. The van der Waals surface area contributed by atoms with Crippen molar-refractivity contribution < 1.29 is 19.1 Å². The molecule has 1 saturated heterocycles. The number of likely N-dealkylation sites (tertiary alicyclic amines) is 1. The molecule has 24 heavy (non-hydrogen) atoms. The third-order valence-corrected chi connectivity index (χ3v) is 4.69. The van der Waals surface area contributed by atoms with E-state index in [9.17, 15) is 9.59 Å². The maximum Gasteiger partial charge on any atom is 0.225 e. The monoisotopic (exact) mass is 332 g/mol. The van der Waals surface area contributed by atoms with Crippen LogP contribution in [0.1, 0.15) is 25.3 Å². The summed E-state index contributed by atoms with van der Waals surface area (Å²) in [6.45, 7) is 4.59. The van der Waals surface area contributed by atoms with Gasteiger partial charge in [0.2, 0.25) is 11.8 Å². The van der Waals surface area contributed by atoms with Crippen LogP contribution in [-0.4, -0.2) is 55.0 Å². The highest BCUT2D eigenvalue weighted by Crippen LogP contribution is 2.31. The molecule has 0 saturated carbocycles. The summed E-state index contributed by atoms with van der Waals surface area (Å²) in [5, 5.41) is 0. The van der Waals surface area contributed by atoms with Gasteiger partial charge in [0.1, 0.15) is 13.2 Å². The molecule has 130 valence electrons. The van der Waals surface area contributed by atoms with Crippen LogP contribution < -0.4 is 9.47 Å². The SMILES string of the molecule is CC(=O)N1CCC(C(=O)N(C)Cc2ccc3c(c2)OCCO3)CC1. The third-order valence-electron chi connectivity index (χ3n) is 4.69. The molecule has 2 aliphatic heterocycles. The molecule has 1 fully saturated rings. The third kappa shape index (κ3) is 3.63. The number of benzene rings is 1. The molecule has 0 radical (unpaired) electrons. The Hall–Kier alpha value is -2.24. The standard InChI is InChI=1S/C18H24N2O4/c1-13(21)20-7-5-15(6-8-20)18(22)19(2)12-14-3-4-16-17(11-14)24-10-9-23-16/h3-4,11,15H,5-10,12H2,1-2H3. The predicted molar refractivity (Wildman–Crippen MR) is 88.9 cm³/mol. The first-order chi connectivity index (χ1) is 11.5. The van der Waals surface area contributed by atoms with E-state index in [-0.39, 0.29) is 17.7 Å². The highest BCUT2D eigenvalue weighted by molar-refractivity contribution is 5.79. The number of rotatable bonds is 3. The van der Waals surface area contributed by atoms with Crippen LogP contribution in [0.15, 0.2) is 18.2 Å². The zero-order chi connectivity index (χ0) is 17.1. The molecular weight excluding hydrogens is 308 g/mol. The van der Waals surface area contributed by atoms with Gasteiger partial charge in [-0.15, -0.1) is 0 Å². The fourth-order valence-corrected chi connectivity index (χ4v) is 3.29. The number of hydrogen-bond donors (Lipinski definition) is 0. The van der Waals surface area contributed by atoms with Crippen molar-refractivity contribution >= 4 is 11.8 Å². The number of piperidine rings is 1. The zero-order valence-electron chi connectivity index (χ0n) is 14.3. The molecule has 1 aromatic rings. The van der Waals surface area contributed by atoms with Crippen LogP contribution in [0.5, 0.6) is 11.5 Å². The molecule has 2 aliphatic rings. The van der Waals surface area contributed by atoms with Crippen molar-refractivity contribution in [2.45, 2.75) is 26.3 Å². The second kappa shape index (κ2) is 7.11. The second-order valence-corrected chi connectivity index (χ2v) is 6.45. The van der Waals surface area contributed by atoms with E-state index in [0.29, 0.717) is 32.8 Å². The summed E-state index contributed by atoms with van der Waals surface area (Å²) in [7, 11) is 1.83. The summed E-state index contributed by atoms with van der Waals surface area (Å²) < 4.78 is 11.1. The minimum atomic E-state index is 0.00260. The number of fused-ring (bicyclic) bond motifs is 1. The van der Waals surface area contributed by atoms with Crippen molar-refractivity contribution in [3.8, 4) is 11.5 Å². The Morgan fingerprint density at radius 3 is 2.50 bits per heavy atom. The largest absolute Gasteiger partial charge is 0.486 e. The lowest BCUT2D eigenvalue weighted by Crippen LogP contribution is -2.42. The molecular formula is C18H24N2O4. The van der Waals surface area contributed by atoms with E-state index in [1.807, 2.05) is 30.1 Å². The smallest absolute Gasteiger partial charge is 0.225 e. The maximum atomic E-state index is 12.6. The summed E-state index contributed by atoms with van der Waals surface area (Å²) in [4.78, 5) is 27.6. The summed E-state index contributed by atoms with van der Waals surface area (Å²) in [5.41, 5.74) is 1.02. The van der Waals surface area contributed by atoms with E-state index in [4.69, 9.17) is 9.47 Å². The van der Waals surface area contributed by atoms with Crippen molar-refractivity contribution in [3.63, 3.8) is 0 Å². The van der Waals surface area contributed by atoms with Crippen LogP contribution in [0.4, 0.5) is 0 Å². The van der Waals surface area contributed by atoms with E-state index in [1.54, 1.807) is 11.8 Å². The molecule has 0 unspecified atom stereocenters. The molecule has 2 amide bonds. The number of carbonyl (C=O) groups is 2. The average Bonchev–Trinajstić information content (AvgIpc) is 2.61. The van der Waals surface area contributed by atoms with Crippen molar-refractivity contribution in [2.75, 3.05) is 33.4 Å². The van der Waals surface area contributed by atoms with Crippen LogP contribution >= 0.6 is 0 Å². The summed E-state index contributed by atoms with van der Waals surface area (Å²) in [6.07, 6.45) is 1.48. The summed E-state index contributed by atoms with van der Waals surface area (Å²) in [6, 6.07) is 5.81. The van der Waals surface area contributed by atoms with Gasteiger partial charge in [-0.2, -0.15) is 0 Å². The normalized spacial score (nSPS) is 17.5. The minimum absolute atomic E-state index is 0.00260. The predicted octanol–water partition coefficient (Wildman–Crippen LogP) is 1.67. The Kier molecular flexibility index (Phi) is 4.92. The molecule has 0 N–H and O–H groups in total. The topological polar surface area (TPSA) is 59.1 Å². The Bertz CT molecular complexity index is 623. The highest BCUT2D eigenvalue weighted by Gasteiger charge is 2.28. The molecule has 0 aliphatic carbocycles. The Labute approximate surface area is 142 Å². The Morgan fingerprint density at radius 2 is 1.83 bits per heavy atom. The Morgan fingerprint density at radius 1 is 1.17 bits per heavy atom. The first kappa shape index (κ1) is 16.6. The van der Waals surface area contributed by atoms with E-state index in [1.165, 1.54) is 0 Å². The first-order valence-electron chi connectivity index (χ1n) is 8.43. The van der Waals surface area contributed by atoms with Gasteiger partial charge < -0.3 is 19.3 Å². The molecule has 0 atom stereocenters. The lowest BCUT2D eigenvalue weighted by molar-refractivity contribution is -0.139. The van der Waals surface area contributed by atoms with E-state index in [2.05, 4.69) is 0 Å². The van der Waals surface area contributed by atoms with Crippen LogP contribution in [0, 0.1) is 5.92 Å². The molecule has 0 bridgehead atoms. The van der Waals surface area contributed by atoms with Gasteiger partial charge in [-0.3, -0.25) is 9.59 Å². The summed E-state index contributed by atoms with van der Waals surface area (Å²) in [5.74, 6) is 1.74. The van der Waals surface area contributed by atoms with Crippen molar-refractivity contribution in [1.29, 1.82) is 0 Å². The number of amides is 2. The number of ether oxygens (including phenoxy) is 2. The molecule has 0 spiro atoms. The van der Waals surface area contributed by atoms with Gasteiger partial charge in [-0.05, 0) is 30.5 Å². The van der Waals surface area contributed by atoms with Gasteiger partial charge in [-0.25, -0.2) is 0 Å². The van der Waals surface area contributed by atoms with Crippen LogP contribution in [-0.2, 0) is 16.1 Å². The molecule has 2 heterocycles. The zero-order valence-corrected chi connectivity index (χ0v) is 14.3. The molecule has 6 nitrogen and oxygen atoms in total. The molecule has 6 heteroatoms. The van der Waals surface area contributed by atoms with Gasteiger partial charge in [0, 0.05) is 39.5 Å². The number of carbonyl (C=O) groups excluding carboxylic acids is 2. The fraction of sp³-hybridized carbons (Fsp3) is 0.556. The van der Waals surface area contributed by atoms with Gasteiger partial charge in [-0.1, -0.05) is 6.07 Å². The van der Waals surface area contributed by atoms with Crippen molar-refractivity contribution in [1.82, 2.24) is 9.80 Å².